The summed E-state index contributed by atoms with van der Waals surface area (Å²) in [6, 6.07) is 24.5. The number of amides is 1. The van der Waals surface area contributed by atoms with Crippen molar-refractivity contribution in [1.29, 1.82) is 0 Å². The van der Waals surface area contributed by atoms with Crippen LogP contribution >= 0.6 is 0 Å². The largest absolute Gasteiger partial charge is 0.457 e. The number of esters is 1. The molecule has 1 spiro atoms. The number of carbonyl (C=O) groups is 2. The van der Waals surface area contributed by atoms with E-state index in [0.717, 1.165) is 41.9 Å². The lowest BCUT2D eigenvalue weighted by atomic mass is 9.66. The van der Waals surface area contributed by atoms with Crippen molar-refractivity contribution in [2.75, 3.05) is 0 Å². The van der Waals surface area contributed by atoms with Crippen molar-refractivity contribution in [3.8, 4) is 11.5 Å². The second-order valence-electron chi connectivity index (χ2n) is 8.10. The Balaban J connectivity index is 1.29. The number of rotatable bonds is 5. The summed E-state index contributed by atoms with van der Waals surface area (Å²) in [6.45, 7) is 0.396. The summed E-state index contributed by atoms with van der Waals surface area (Å²) in [5, 5.41) is 3.05. The van der Waals surface area contributed by atoms with Crippen molar-refractivity contribution in [2.45, 2.75) is 37.3 Å². The number of ether oxygens (including phenoxy) is 2. The quantitative estimate of drug-likeness (QED) is 0.600. The third-order valence-electron chi connectivity index (χ3n) is 6.14. The Labute approximate surface area is 181 Å². The first-order valence-corrected chi connectivity index (χ1v) is 10.6. The molecule has 0 bridgehead atoms. The van der Waals surface area contributed by atoms with Gasteiger partial charge in [-0.2, -0.15) is 0 Å². The van der Waals surface area contributed by atoms with Crippen LogP contribution in [0.15, 0.2) is 78.9 Å². The minimum atomic E-state index is -0.705. The van der Waals surface area contributed by atoms with Crippen molar-refractivity contribution in [1.82, 2.24) is 5.32 Å². The molecular formula is C26H23NO4. The Bertz CT molecular complexity index is 1100. The van der Waals surface area contributed by atoms with E-state index < -0.39 is 11.5 Å². The SMILES string of the molecule is O=C1OC2(CCC2)C(C(=O)NCc2ccc(Oc3ccccc3)cc2)c2ccccc21. The van der Waals surface area contributed by atoms with E-state index in [1.807, 2.05) is 66.7 Å². The van der Waals surface area contributed by atoms with E-state index in [1.54, 1.807) is 12.1 Å². The van der Waals surface area contributed by atoms with Gasteiger partial charge in [0.25, 0.3) is 0 Å². The highest BCUT2D eigenvalue weighted by Gasteiger charge is 2.55. The highest BCUT2D eigenvalue weighted by molar-refractivity contribution is 5.98. The number of benzene rings is 3. The van der Waals surface area contributed by atoms with Gasteiger partial charge in [0.15, 0.2) is 0 Å². The molecular weight excluding hydrogens is 390 g/mol. The Morgan fingerprint density at radius 1 is 0.935 bits per heavy atom. The van der Waals surface area contributed by atoms with Crippen LogP contribution in [0.5, 0.6) is 11.5 Å². The van der Waals surface area contributed by atoms with Crippen molar-refractivity contribution in [2.24, 2.45) is 0 Å². The van der Waals surface area contributed by atoms with Crippen LogP contribution in [0.3, 0.4) is 0 Å². The van der Waals surface area contributed by atoms with Crippen molar-refractivity contribution >= 4 is 11.9 Å². The first-order valence-electron chi connectivity index (χ1n) is 10.6. The molecule has 0 radical (unpaired) electrons. The van der Waals surface area contributed by atoms with Crippen LogP contribution in [-0.2, 0) is 16.1 Å². The fourth-order valence-electron chi connectivity index (χ4n) is 4.40. The molecule has 5 rings (SSSR count). The van der Waals surface area contributed by atoms with Crippen molar-refractivity contribution in [3.05, 3.63) is 95.6 Å². The number of nitrogens with one attached hydrogen (secondary N) is 1. The predicted octanol–water partition coefficient (Wildman–Crippen LogP) is 4.97. The molecule has 5 nitrogen and oxygen atoms in total. The molecule has 1 amide bonds. The zero-order valence-corrected chi connectivity index (χ0v) is 17.0. The summed E-state index contributed by atoms with van der Waals surface area (Å²) in [4.78, 5) is 25.7. The van der Waals surface area contributed by atoms with Gasteiger partial charge in [-0.25, -0.2) is 4.79 Å². The van der Waals surface area contributed by atoms with E-state index >= 15 is 0 Å². The van der Waals surface area contributed by atoms with Crippen LogP contribution in [0.4, 0.5) is 0 Å². The highest BCUT2D eigenvalue weighted by Crippen LogP contribution is 2.50. The lowest BCUT2D eigenvalue weighted by molar-refractivity contribution is -0.137. The Kier molecular flexibility index (Phi) is 4.94. The Morgan fingerprint density at radius 3 is 2.32 bits per heavy atom. The van der Waals surface area contributed by atoms with Crippen molar-refractivity contribution in [3.63, 3.8) is 0 Å². The molecule has 1 N–H and O–H groups in total. The Morgan fingerprint density at radius 2 is 1.61 bits per heavy atom. The Hall–Kier alpha value is -3.60. The first-order chi connectivity index (χ1) is 15.1. The van der Waals surface area contributed by atoms with Crippen LogP contribution in [0, 0.1) is 0 Å². The zero-order chi connectivity index (χ0) is 21.3. The standard InChI is InChI=1S/C26H23NO4/c28-24(23-21-9-4-5-10-22(21)25(29)31-26(23)15-6-16-26)27-17-18-11-13-20(14-12-18)30-19-7-2-1-3-8-19/h1-5,7-14,23H,6,15-17H2,(H,27,28). The average Bonchev–Trinajstić information content (AvgIpc) is 2.78. The zero-order valence-electron chi connectivity index (χ0n) is 17.0. The maximum atomic E-state index is 13.2. The summed E-state index contributed by atoms with van der Waals surface area (Å²) in [7, 11) is 0. The topological polar surface area (TPSA) is 64.6 Å². The summed E-state index contributed by atoms with van der Waals surface area (Å²) >= 11 is 0. The summed E-state index contributed by atoms with van der Waals surface area (Å²) in [5.74, 6) is 0.608. The van der Waals surface area contributed by atoms with Gasteiger partial charge in [-0.15, -0.1) is 0 Å². The molecule has 31 heavy (non-hydrogen) atoms. The fraction of sp³-hybridized carbons (Fsp3) is 0.231. The lowest BCUT2D eigenvalue weighted by Gasteiger charge is -2.48. The van der Waals surface area contributed by atoms with Gasteiger partial charge in [-0.3, -0.25) is 4.79 Å². The second-order valence-corrected chi connectivity index (χ2v) is 8.10. The van der Waals surface area contributed by atoms with Gasteiger partial charge < -0.3 is 14.8 Å². The molecule has 3 aromatic rings. The molecule has 2 aliphatic rings. The van der Waals surface area contributed by atoms with E-state index in [-0.39, 0.29) is 11.9 Å². The molecule has 0 saturated heterocycles. The van der Waals surface area contributed by atoms with Crippen molar-refractivity contribution < 1.29 is 19.1 Å². The van der Waals surface area contributed by atoms with Crippen LogP contribution in [0.25, 0.3) is 0 Å². The van der Waals surface area contributed by atoms with Crippen LogP contribution in [-0.4, -0.2) is 17.5 Å². The van der Waals surface area contributed by atoms with Crippen LogP contribution in [0.2, 0.25) is 0 Å². The summed E-state index contributed by atoms with van der Waals surface area (Å²) in [6.07, 6.45) is 2.40. The minimum absolute atomic E-state index is 0.107. The smallest absolute Gasteiger partial charge is 0.339 e. The molecule has 1 atom stereocenters. The van der Waals surface area contributed by atoms with E-state index in [4.69, 9.17) is 9.47 Å². The van der Waals surface area contributed by atoms with Gasteiger partial charge in [-0.05, 0) is 60.7 Å². The van der Waals surface area contributed by atoms with Gasteiger partial charge >= 0.3 is 5.97 Å². The molecule has 3 aromatic carbocycles. The van der Waals surface area contributed by atoms with E-state index in [1.165, 1.54) is 0 Å². The minimum Gasteiger partial charge on any atom is -0.457 e. The fourth-order valence-corrected chi connectivity index (χ4v) is 4.40. The molecule has 5 heteroatoms. The molecule has 1 heterocycles. The van der Waals surface area contributed by atoms with Gasteiger partial charge in [0.2, 0.25) is 5.91 Å². The predicted molar refractivity (Wildman–Crippen MR) is 116 cm³/mol. The van der Waals surface area contributed by atoms with Gasteiger partial charge in [0.1, 0.15) is 23.0 Å². The average molecular weight is 413 g/mol. The van der Waals surface area contributed by atoms with E-state index in [0.29, 0.717) is 12.1 Å². The molecule has 0 aromatic heterocycles. The molecule has 1 fully saturated rings. The number of hydrogen-bond donors (Lipinski definition) is 1. The maximum Gasteiger partial charge on any atom is 0.339 e. The number of carbonyl (C=O) groups excluding carboxylic acids is 2. The first kappa shape index (κ1) is 19.4. The number of fused-ring (bicyclic) bond motifs is 1. The highest BCUT2D eigenvalue weighted by atomic mass is 16.6. The number of hydrogen-bond acceptors (Lipinski definition) is 4. The summed E-state index contributed by atoms with van der Waals surface area (Å²) in [5.41, 5.74) is 1.52. The molecule has 1 aliphatic carbocycles. The van der Waals surface area contributed by atoms with E-state index in [9.17, 15) is 9.59 Å². The number of para-hydroxylation sites is 1. The molecule has 1 unspecified atom stereocenters. The van der Waals surface area contributed by atoms with Crippen LogP contribution in [0.1, 0.15) is 46.7 Å². The van der Waals surface area contributed by atoms with Gasteiger partial charge in [0.05, 0.1) is 5.56 Å². The maximum absolute atomic E-state index is 13.2. The second kappa shape index (κ2) is 7.91. The van der Waals surface area contributed by atoms with Gasteiger partial charge in [-0.1, -0.05) is 48.5 Å². The monoisotopic (exact) mass is 413 g/mol. The normalized spacial score (nSPS) is 18.5. The molecule has 1 saturated carbocycles. The lowest BCUT2D eigenvalue weighted by Crippen LogP contribution is -2.55. The summed E-state index contributed by atoms with van der Waals surface area (Å²) < 4.78 is 11.6. The van der Waals surface area contributed by atoms with Gasteiger partial charge in [0, 0.05) is 6.54 Å². The van der Waals surface area contributed by atoms with Crippen LogP contribution < -0.4 is 10.1 Å². The third kappa shape index (κ3) is 3.67. The molecule has 1 aliphatic heterocycles. The van der Waals surface area contributed by atoms with E-state index in [2.05, 4.69) is 5.32 Å². The third-order valence-corrected chi connectivity index (χ3v) is 6.14. The molecule has 156 valence electrons.